The van der Waals surface area contributed by atoms with Crippen molar-refractivity contribution in [3.05, 3.63) is 47.4 Å². The highest BCUT2D eigenvalue weighted by Gasteiger charge is 2.41. The minimum Gasteiger partial charge on any atom is -0.474 e. The van der Waals surface area contributed by atoms with Gasteiger partial charge in [-0.15, -0.1) is 0 Å². The van der Waals surface area contributed by atoms with Gasteiger partial charge in [0.2, 0.25) is 5.88 Å². The van der Waals surface area contributed by atoms with Crippen molar-refractivity contribution in [3.63, 3.8) is 0 Å². The van der Waals surface area contributed by atoms with Crippen LogP contribution in [0.25, 0.3) is 10.8 Å². The lowest BCUT2D eigenvalue weighted by atomic mass is 9.86. The number of hydrogen-bond acceptors (Lipinski definition) is 9. The fourth-order valence-electron chi connectivity index (χ4n) is 5.15. The molecule has 6 rings (SSSR count). The van der Waals surface area contributed by atoms with Crippen LogP contribution in [0.5, 0.6) is 5.88 Å². The number of hydrogen-bond donors (Lipinski definition) is 3. The van der Waals surface area contributed by atoms with Crippen molar-refractivity contribution in [2.45, 2.75) is 76.2 Å². The topological polar surface area (TPSA) is 132 Å². The molecule has 2 fully saturated rings. The predicted molar refractivity (Wildman–Crippen MR) is 134 cm³/mol. The predicted octanol–water partition coefficient (Wildman–Crippen LogP) is 3.92. The van der Waals surface area contributed by atoms with Crippen LogP contribution in [0.15, 0.2) is 30.6 Å². The van der Waals surface area contributed by atoms with E-state index in [-0.39, 0.29) is 30.2 Å². The van der Waals surface area contributed by atoms with Gasteiger partial charge in [0, 0.05) is 36.7 Å². The quantitative estimate of drug-likeness (QED) is 0.441. The Morgan fingerprint density at radius 1 is 1.14 bits per heavy atom. The van der Waals surface area contributed by atoms with E-state index >= 15 is 0 Å². The van der Waals surface area contributed by atoms with E-state index in [9.17, 15) is 9.90 Å². The summed E-state index contributed by atoms with van der Waals surface area (Å²) >= 11 is 0. The Hall–Kier alpha value is -3.30. The van der Waals surface area contributed by atoms with Gasteiger partial charge < -0.3 is 25.6 Å². The lowest BCUT2D eigenvalue weighted by Gasteiger charge is -2.32. The zero-order valence-electron chi connectivity index (χ0n) is 20.7. The first kappa shape index (κ1) is 23.1. The van der Waals surface area contributed by atoms with Crippen LogP contribution < -0.4 is 15.8 Å². The van der Waals surface area contributed by atoms with Crippen LogP contribution in [0.1, 0.15) is 74.0 Å². The molecule has 2 saturated carbocycles. The molecule has 1 unspecified atom stereocenters. The first-order chi connectivity index (χ1) is 17.2. The van der Waals surface area contributed by atoms with Crippen LogP contribution in [-0.2, 0) is 10.3 Å². The Balaban J connectivity index is 1.37. The zero-order valence-corrected chi connectivity index (χ0v) is 20.7. The maximum absolute atomic E-state index is 12.3. The summed E-state index contributed by atoms with van der Waals surface area (Å²) in [5, 5.41) is 14.7. The fourth-order valence-corrected chi connectivity index (χ4v) is 5.15. The molecule has 0 bridgehead atoms. The number of ether oxygens (including phenoxy) is 2. The average Bonchev–Trinajstić information content (AvgIpc) is 3.68. The van der Waals surface area contributed by atoms with Crippen molar-refractivity contribution in [1.82, 2.24) is 15.0 Å². The molecule has 0 aromatic carbocycles. The molecule has 4 N–H and O–H groups in total. The smallest absolute Gasteiger partial charge is 0.340 e. The van der Waals surface area contributed by atoms with E-state index in [1.165, 1.54) is 0 Å². The summed E-state index contributed by atoms with van der Waals surface area (Å²) in [6, 6.07) is 5.47. The van der Waals surface area contributed by atoms with Gasteiger partial charge in [-0.3, -0.25) is 0 Å². The number of nitrogens with zero attached hydrogens (tertiary/aromatic N) is 3. The Kier molecular flexibility index (Phi) is 5.38. The van der Waals surface area contributed by atoms with Gasteiger partial charge in [0.05, 0.1) is 22.7 Å². The van der Waals surface area contributed by atoms with Crippen molar-refractivity contribution in [2.75, 3.05) is 5.32 Å². The highest BCUT2D eigenvalue weighted by atomic mass is 16.5. The summed E-state index contributed by atoms with van der Waals surface area (Å²) in [5.74, 6) is 1.77. The standard InChI is InChI=1S/C27H31N5O4/c1-13-14(2)35-26(34)18-6-7-22(32-24(13)18)31-23-10-19-20(11-29-23)25(36-17-8-16(33)9-17)30-12-21(19)27(3,28)15-4-5-15/h6-7,10-17,33H,4-5,8-9,28H2,1-3H3,(H,29,31,32)/t13-,14-,16-,17-,27?/m0/s1. The largest absolute Gasteiger partial charge is 0.474 e. The van der Waals surface area contributed by atoms with Crippen molar-refractivity contribution < 1.29 is 19.4 Å². The van der Waals surface area contributed by atoms with E-state index in [1.54, 1.807) is 18.3 Å². The molecule has 3 aromatic heterocycles. The molecule has 9 nitrogen and oxygen atoms in total. The summed E-state index contributed by atoms with van der Waals surface area (Å²) in [6.45, 7) is 5.94. The second kappa shape index (κ2) is 8.38. The van der Waals surface area contributed by atoms with Gasteiger partial charge in [0.15, 0.2) is 0 Å². The van der Waals surface area contributed by atoms with Crippen LogP contribution in [0.2, 0.25) is 0 Å². The molecule has 1 aliphatic heterocycles. The minimum absolute atomic E-state index is 0.0112. The average molecular weight is 490 g/mol. The number of carbonyl (C=O) groups excluding carboxylic acids is 1. The van der Waals surface area contributed by atoms with E-state index < -0.39 is 5.54 Å². The van der Waals surface area contributed by atoms with Crippen molar-refractivity contribution in [1.29, 1.82) is 0 Å². The molecule has 2 aliphatic carbocycles. The number of pyridine rings is 3. The Morgan fingerprint density at radius 2 is 1.92 bits per heavy atom. The number of nitrogens with one attached hydrogen (secondary N) is 1. The Morgan fingerprint density at radius 3 is 2.64 bits per heavy atom. The van der Waals surface area contributed by atoms with Crippen molar-refractivity contribution >= 4 is 28.4 Å². The monoisotopic (exact) mass is 489 g/mol. The normalized spacial score (nSPS) is 27.0. The van der Waals surface area contributed by atoms with Crippen molar-refractivity contribution in [2.24, 2.45) is 11.7 Å². The molecule has 4 heterocycles. The third-order valence-corrected chi connectivity index (χ3v) is 7.92. The summed E-state index contributed by atoms with van der Waals surface area (Å²) in [7, 11) is 0. The number of esters is 1. The van der Waals surface area contributed by atoms with Gasteiger partial charge in [-0.25, -0.2) is 19.7 Å². The third-order valence-electron chi connectivity index (χ3n) is 7.92. The lowest BCUT2D eigenvalue weighted by molar-refractivity contribution is -0.0120. The molecular weight excluding hydrogens is 458 g/mol. The molecule has 3 aliphatic rings. The first-order valence-corrected chi connectivity index (χ1v) is 12.6. The van der Waals surface area contributed by atoms with E-state index in [1.807, 2.05) is 26.1 Å². The SMILES string of the molecule is C[C@@H]1OC(=O)c2ccc(Nc3cc4c(C(C)(N)C5CC5)cnc(O[C@H]5C[C@H](O)C5)c4cn3)nc2[C@H]1C. The summed E-state index contributed by atoms with van der Waals surface area (Å²) < 4.78 is 11.5. The fraction of sp³-hybridized carbons (Fsp3) is 0.481. The Bertz CT molecular complexity index is 1350. The molecular formula is C27H31N5O4. The van der Waals surface area contributed by atoms with Crippen molar-refractivity contribution in [3.8, 4) is 5.88 Å². The lowest BCUT2D eigenvalue weighted by Crippen LogP contribution is -2.38. The number of carbonyl (C=O) groups is 1. The van der Waals surface area contributed by atoms with Gasteiger partial charge in [0.1, 0.15) is 23.8 Å². The number of aliphatic hydroxyl groups excluding tert-OH is 1. The van der Waals surface area contributed by atoms with Gasteiger partial charge in [-0.2, -0.15) is 0 Å². The summed E-state index contributed by atoms with van der Waals surface area (Å²) in [6.07, 6.45) is 6.37. The molecule has 0 amide bonds. The maximum atomic E-state index is 12.3. The number of fused-ring (bicyclic) bond motifs is 2. The summed E-state index contributed by atoms with van der Waals surface area (Å²) in [4.78, 5) is 26.2. The minimum atomic E-state index is -0.523. The van der Waals surface area contributed by atoms with Crippen LogP contribution in [0.3, 0.4) is 0 Å². The van der Waals surface area contributed by atoms with E-state index in [4.69, 9.17) is 20.2 Å². The molecule has 3 atom stereocenters. The van der Waals surface area contributed by atoms with Gasteiger partial charge in [-0.05, 0) is 61.8 Å². The number of rotatable bonds is 6. The Labute approximate surface area is 209 Å². The maximum Gasteiger partial charge on any atom is 0.340 e. The van der Waals surface area contributed by atoms with E-state index in [0.29, 0.717) is 41.8 Å². The van der Waals surface area contributed by atoms with Gasteiger partial charge in [0.25, 0.3) is 0 Å². The van der Waals surface area contributed by atoms with Crippen LogP contribution in [-0.4, -0.2) is 44.3 Å². The number of cyclic esters (lactones) is 1. The molecule has 188 valence electrons. The summed E-state index contributed by atoms with van der Waals surface area (Å²) in [5.41, 5.74) is 8.47. The number of aliphatic hydroxyl groups is 1. The number of aromatic nitrogens is 3. The van der Waals surface area contributed by atoms with Crippen LogP contribution in [0.4, 0.5) is 11.6 Å². The van der Waals surface area contributed by atoms with Gasteiger partial charge in [-0.1, -0.05) is 6.92 Å². The number of anilines is 2. The third kappa shape index (κ3) is 3.96. The van der Waals surface area contributed by atoms with Crippen LogP contribution in [0, 0.1) is 5.92 Å². The van der Waals surface area contributed by atoms with Crippen LogP contribution >= 0.6 is 0 Å². The number of nitrogens with two attached hydrogens (primary N) is 1. The molecule has 3 aromatic rings. The van der Waals surface area contributed by atoms with E-state index in [0.717, 1.165) is 34.9 Å². The zero-order chi connectivity index (χ0) is 25.2. The van der Waals surface area contributed by atoms with E-state index in [2.05, 4.69) is 22.2 Å². The highest BCUT2D eigenvalue weighted by molar-refractivity contribution is 5.93. The molecule has 0 radical (unpaired) electrons. The molecule has 36 heavy (non-hydrogen) atoms. The second-order valence-corrected chi connectivity index (χ2v) is 10.7. The van der Waals surface area contributed by atoms with Gasteiger partial charge >= 0.3 is 5.97 Å². The highest BCUT2D eigenvalue weighted by Crippen LogP contribution is 2.46. The molecule has 0 saturated heterocycles. The first-order valence-electron chi connectivity index (χ1n) is 12.6. The molecule has 9 heteroatoms. The second-order valence-electron chi connectivity index (χ2n) is 10.7. The molecule has 0 spiro atoms.